The van der Waals surface area contributed by atoms with Crippen molar-refractivity contribution in [1.82, 2.24) is 4.98 Å². The minimum absolute atomic E-state index is 0.197. The molecule has 1 aromatic carbocycles. The summed E-state index contributed by atoms with van der Waals surface area (Å²) in [4.78, 5) is 4.22. The van der Waals surface area contributed by atoms with E-state index in [-0.39, 0.29) is 5.82 Å². The minimum atomic E-state index is 0.197. The number of nitrogens with zero attached hydrogens (tertiary/aromatic N) is 2. The number of ether oxygens (including phenoxy) is 3. The third-order valence-electron chi connectivity index (χ3n) is 3.80. The molecule has 6 nitrogen and oxygen atoms in total. The number of nitrogens with two attached hydrogens (primary N) is 1. The third kappa shape index (κ3) is 2.61. The summed E-state index contributed by atoms with van der Waals surface area (Å²) in [6.45, 7) is 3.75. The van der Waals surface area contributed by atoms with Crippen LogP contribution in [-0.4, -0.2) is 26.3 Å². The summed E-state index contributed by atoms with van der Waals surface area (Å²) in [5.74, 6) is 1.69. The SMILES string of the molecule is COc1ccc(-c2c(C)c(C)nc(N)c2C#N)c(OC)c1OC. The Morgan fingerprint density at radius 1 is 1.04 bits per heavy atom. The van der Waals surface area contributed by atoms with Gasteiger partial charge in [0.05, 0.1) is 21.3 Å². The van der Waals surface area contributed by atoms with Crippen LogP contribution in [0.4, 0.5) is 5.82 Å². The lowest BCUT2D eigenvalue weighted by atomic mass is 9.94. The fraction of sp³-hybridized carbons (Fsp3) is 0.294. The van der Waals surface area contributed by atoms with E-state index in [4.69, 9.17) is 19.9 Å². The topological polar surface area (TPSA) is 90.4 Å². The molecule has 0 aliphatic rings. The number of rotatable bonds is 4. The lowest BCUT2D eigenvalue weighted by molar-refractivity contribution is 0.325. The van der Waals surface area contributed by atoms with Gasteiger partial charge in [0.2, 0.25) is 5.75 Å². The highest BCUT2D eigenvalue weighted by Gasteiger charge is 2.23. The van der Waals surface area contributed by atoms with Crippen molar-refractivity contribution >= 4 is 5.82 Å². The van der Waals surface area contributed by atoms with Crippen molar-refractivity contribution in [2.75, 3.05) is 27.1 Å². The summed E-state index contributed by atoms with van der Waals surface area (Å²) in [7, 11) is 4.63. The van der Waals surface area contributed by atoms with E-state index >= 15 is 0 Å². The maximum atomic E-state index is 9.50. The second-order valence-electron chi connectivity index (χ2n) is 4.95. The number of pyridine rings is 1. The van der Waals surface area contributed by atoms with E-state index < -0.39 is 0 Å². The fourth-order valence-corrected chi connectivity index (χ4v) is 2.56. The number of anilines is 1. The molecule has 6 heteroatoms. The molecule has 2 rings (SSSR count). The largest absolute Gasteiger partial charge is 0.493 e. The Morgan fingerprint density at radius 2 is 1.70 bits per heavy atom. The molecule has 0 fully saturated rings. The highest BCUT2D eigenvalue weighted by molar-refractivity contribution is 5.85. The second kappa shape index (κ2) is 6.44. The monoisotopic (exact) mass is 313 g/mol. The Bertz CT molecular complexity index is 795. The van der Waals surface area contributed by atoms with Crippen LogP contribution in [0.3, 0.4) is 0 Å². The molecule has 0 aliphatic carbocycles. The van der Waals surface area contributed by atoms with Crippen molar-refractivity contribution in [2.45, 2.75) is 13.8 Å². The Hall–Kier alpha value is -2.94. The molecule has 2 N–H and O–H groups in total. The molecule has 1 aromatic heterocycles. The number of aromatic nitrogens is 1. The van der Waals surface area contributed by atoms with E-state index in [0.29, 0.717) is 33.9 Å². The molecule has 0 saturated carbocycles. The highest BCUT2D eigenvalue weighted by Crippen LogP contribution is 2.46. The highest BCUT2D eigenvalue weighted by atomic mass is 16.5. The van der Waals surface area contributed by atoms with Crippen molar-refractivity contribution in [3.63, 3.8) is 0 Å². The zero-order valence-corrected chi connectivity index (χ0v) is 13.9. The first-order valence-corrected chi connectivity index (χ1v) is 6.96. The Kier molecular flexibility index (Phi) is 4.60. The molecule has 23 heavy (non-hydrogen) atoms. The maximum Gasteiger partial charge on any atom is 0.203 e. The Labute approximate surface area is 135 Å². The molecular weight excluding hydrogens is 294 g/mol. The van der Waals surface area contributed by atoms with E-state index in [1.165, 1.54) is 7.11 Å². The summed E-state index contributed by atoms with van der Waals surface area (Å²) >= 11 is 0. The van der Waals surface area contributed by atoms with E-state index in [1.807, 2.05) is 19.9 Å². The van der Waals surface area contributed by atoms with Crippen LogP contribution in [0, 0.1) is 25.2 Å². The first kappa shape index (κ1) is 16.4. The van der Waals surface area contributed by atoms with Crippen molar-refractivity contribution in [1.29, 1.82) is 5.26 Å². The maximum absolute atomic E-state index is 9.50. The molecule has 0 atom stereocenters. The fourth-order valence-electron chi connectivity index (χ4n) is 2.56. The minimum Gasteiger partial charge on any atom is -0.493 e. The van der Waals surface area contributed by atoms with Gasteiger partial charge in [0, 0.05) is 16.8 Å². The molecule has 2 aromatic rings. The van der Waals surface area contributed by atoms with E-state index in [9.17, 15) is 5.26 Å². The van der Waals surface area contributed by atoms with E-state index in [0.717, 1.165) is 11.3 Å². The van der Waals surface area contributed by atoms with Gasteiger partial charge in [-0.1, -0.05) is 0 Å². The lowest BCUT2D eigenvalue weighted by Crippen LogP contribution is -2.04. The number of nitrogen functional groups attached to an aromatic ring is 1. The van der Waals surface area contributed by atoms with Crippen LogP contribution in [0.15, 0.2) is 12.1 Å². The second-order valence-corrected chi connectivity index (χ2v) is 4.95. The molecular formula is C17H19N3O3. The van der Waals surface area contributed by atoms with Crippen LogP contribution in [0.25, 0.3) is 11.1 Å². The standard InChI is InChI=1S/C17H19N3O3/c1-9-10(2)20-17(19)12(8-18)14(9)11-6-7-13(21-3)16(23-5)15(11)22-4/h6-7H,1-5H3,(H2,19,20). The molecule has 0 spiro atoms. The summed E-state index contributed by atoms with van der Waals surface area (Å²) < 4.78 is 16.2. The smallest absolute Gasteiger partial charge is 0.203 e. The van der Waals surface area contributed by atoms with Crippen molar-refractivity contribution in [3.8, 4) is 34.4 Å². The zero-order valence-electron chi connectivity index (χ0n) is 13.9. The first-order valence-electron chi connectivity index (χ1n) is 6.96. The summed E-state index contributed by atoms with van der Waals surface area (Å²) in [6.07, 6.45) is 0. The predicted molar refractivity (Wildman–Crippen MR) is 87.9 cm³/mol. The van der Waals surface area contributed by atoms with E-state index in [2.05, 4.69) is 11.1 Å². The number of aryl methyl sites for hydroxylation is 1. The third-order valence-corrected chi connectivity index (χ3v) is 3.80. The van der Waals surface area contributed by atoms with Gasteiger partial charge in [-0.25, -0.2) is 4.98 Å². The van der Waals surface area contributed by atoms with Crippen LogP contribution >= 0.6 is 0 Å². The number of benzene rings is 1. The Morgan fingerprint density at radius 3 is 2.22 bits per heavy atom. The Balaban J connectivity index is 2.91. The summed E-state index contributed by atoms with van der Waals surface area (Å²) in [5.41, 5.74) is 9.26. The van der Waals surface area contributed by atoms with Gasteiger partial charge in [-0.2, -0.15) is 5.26 Å². The van der Waals surface area contributed by atoms with Gasteiger partial charge in [-0.15, -0.1) is 0 Å². The van der Waals surface area contributed by atoms with Crippen LogP contribution < -0.4 is 19.9 Å². The molecule has 0 unspecified atom stereocenters. The van der Waals surface area contributed by atoms with Gasteiger partial charge in [0.1, 0.15) is 17.5 Å². The molecule has 1 heterocycles. The molecule has 0 radical (unpaired) electrons. The van der Waals surface area contributed by atoms with Crippen LogP contribution in [0.5, 0.6) is 17.2 Å². The lowest BCUT2D eigenvalue weighted by Gasteiger charge is -2.19. The van der Waals surface area contributed by atoms with Gasteiger partial charge >= 0.3 is 0 Å². The molecule has 120 valence electrons. The van der Waals surface area contributed by atoms with Crippen molar-refractivity contribution < 1.29 is 14.2 Å². The molecule has 0 aliphatic heterocycles. The van der Waals surface area contributed by atoms with Gasteiger partial charge in [-0.05, 0) is 31.5 Å². The van der Waals surface area contributed by atoms with Gasteiger partial charge in [0.15, 0.2) is 11.5 Å². The van der Waals surface area contributed by atoms with Crippen LogP contribution in [0.1, 0.15) is 16.8 Å². The van der Waals surface area contributed by atoms with Crippen LogP contribution in [-0.2, 0) is 0 Å². The van der Waals surface area contributed by atoms with Crippen molar-refractivity contribution in [3.05, 3.63) is 29.0 Å². The van der Waals surface area contributed by atoms with Crippen LogP contribution in [0.2, 0.25) is 0 Å². The summed E-state index contributed by atoms with van der Waals surface area (Å²) in [5, 5.41) is 9.50. The molecule has 0 amide bonds. The predicted octanol–water partition coefficient (Wildman–Crippen LogP) is 2.85. The van der Waals surface area contributed by atoms with E-state index in [1.54, 1.807) is 20.3 Å². The number of nitriles is 1. The average molecular weight is 313 g/mol. The number of methoxy groups -OCH3 is 3. The molecule has 0 saturated heterocycles. The molecule has 0 bridgehead atoms. The van der Waals surface area contributed by atoms with Gasteiger partial charge in [-0.3, -0.25) is 0 Å². The summed E-state index contributed by atoms with van der Waals surface area (Å²) in [6, 6.07) is 5.72. The zero-order chi connectivity index (χ0) is 17.1. The normalized spacial score (nSPS) is 10.1. The van der Waals surface area contributed by atoms with Crippen molar-refractivity contribution in [2.24, 2.45) is 0 Å². The van der Waals surface area contributed by atoms with Gasteiger partial charge in [0.25, 0.3) is 0 Å². The quantitative estimate of drug-likeness (QED) is 0.933. The number of hydrogen-bond donors (Lipinski definition) is 1. The number of hydrogen-bond acceptors (Lipinski definition) is 6. The van der Waals surface area contributed by atoms with Gasteiger partial charge < -0.3 is 19.9 Å². The first-order chi connectivity index (χ1) is 11.0. The average Bonchev–Trinajstić information content (AvgIpc) is 2.56.